The fourth-order valence-electron chi connectivity index (χ4n) is 4.46. The Morgan fingerprint density at radius 1 is 0.839 bits per heavy atom. The number of aryl methyl sites for hydroxylation is 1. The minimum atomic E-state index is 0.108. The van der Waals surface area contributed by atoms with E-state index < -0.39 is 0 Å². The first kappa shape index (κ1) is 21.4. The quantitative estimate of drug-likeness (QED) is 0.695. The van der Waals surface area contributed by atoms with Gasteiger partial charge >= 0.3 is 0 Å². The van der Waals surface area contributed by atoms with Gasteiger partial charge in [0.05, 0.1) is 6.61 Å². The van der Waals surface area contributed by atoms with Crippen molar-refractivity contribution in [2.75, 3.05) is 32.8 Å². The third-order valence-electron chi connectivity index (χ3n) is 6.40. The number of piperidine rings is 1. The molecule has 2 aromatic carbocycles. The van der Waals surface area contributed by atoms with Gasteiger partial charge in [-0.3, -0.25) is 9.59 Å². The van der Waals surface area contributed by atoms with Crippen LogP contribution in [0, 0.1) is 5.92 Å². The van der Waals surface area contributed by atoms with Gasteiger partial charge in [0, 0.05) is 43.2 Å². The molecule has 0 radical (unpaired) electrons. The summed E-state index contributed by atoms with van der Waals surface area (Å²) >= 11 is 0. The molecule has 0 spiro atoms. The van der Waals surface area contributed by atoms with Gasteiger partial charge < -0.3 is 14.5 Å². The van der Waals surface area contributed by atoms with Crippen LogP contribution in [0.5, 0.6) is 5.75 Å². The minimum absolute atomic E-state index is 0.108. The van der Waals surface area contributed by atoms with E-state index in [0.717, 1.165) is 75.2 Å². The molecule has 2 aromatic rings. The van der Waals surface area contributed by atoms with E-state index in [1.54, 1.807) is 0 Å². The first-order chi connectivity index (χ1) is 15.1. The highest BCUT2D eigenvalue weighted by Crippen LogP contribution is 2.22. The molecule has 4 rings (SSSR count). The Labute approximate surface area is 185 Å². The molecule has 0 aromatic heterocycles. The Kier molecular flexibility index (Phi) is 6.90. The fraction of sp³-hybridized carbons (Fsp3) is 0.462. The fourth-order valence-corrected chi connectivity index (χ4v) is 4.46. The second-order valence-corrected chi connectivity index (χ2v) is 8.64. The van der Waals surface area contributed by atoms with E-state index in [-0.39, 0.29) is 11.8 Å². The summed E-state index contributed by atoms with van der Waals surface area (Å²) in [5.74, 6) is 1.31. The largest absolute Gasteiger partial charge is 0.493 e. The van der Waals surface area contributed by atoms with E-state index >= 15 is 0 Å². The van der Waals surface area contributed by atoms with Gasteiger partial charge in [0.2, 0.25) is 0 Å². The van der Waals surface area contributed by atoms with Gasteiger partial charge in [-0.25, -0.2) is 0 Å². The molecule has 2 heterocycles. The second-order valence-electron chi connectivity index (χ2n) is 8.64. The predicted octanol–water partition coefficient (Wildman–Crippen LogP) is 4.42. The van der Waals surface area contributed by atoms with Crippen LogP contribution in [0.25, 0.3) is 0 Å². The summed E-state index contributed by atoms with van der Waals surface area (Å²) in [6.45, 7) is 5.94. The minimum Gasteiger partial charge on any atom is -0.493 e. The average Bonchev–Trinajstić information content (AvgIpc) is 3.37. The van der Waals surface area contributed by atoms with Crippen LogP contribution >= 0.6 is 0 Å². The molecule has 164 valence electrons. The van der Waals surface area contributed by atoms with Crippen molar-refractivity contribution < 1.29 is 14.3 Å². The molecule has 5 heteroatoms. The van der Waals surface area contributed by atoms with E-state index in [9.17, 15) is 9.59 Å². The molecule has 0 saturated carbocycles. The number of carbonyl (C=O) groups excluding carboxylic acids is 2. The molecular formula is C26H32N2O3. The van der Waals surface area contributed by atoms with Crippen molar-refractivity contribution in [3.63, 3.8) is 0 Å². The maximum atomic E-state index is 12.9. The Hall–Kier alpha value is -2.82. The summed E-state index contributed by atoms with van der Waals surface area (Å²) in [6.07, 6.45) is 5.22. The van der Waals surface area contributed by atoms with Gasteiger partial charge in [0.15, 0.2) is 0 Å². The summed E-state index contributed by atoms with van der Waals surface area (Å²) in [5, 5.41) is 0. The van der Waals surface area contributed by atoms with Crippen LogP contribution in [0.15, 0.2) is 48.5 Å². The van der Waals surface area contributed by atoms with Crippen molar-refractivity contribution in [3.05, 3.63) is 65.2 Å². The Morgan fingerprint density at radius 3 is 2.06 bits per heavy atom. The standard InChI is InChI=1S/C26H32N2O3/c1-2-20-7-9-22(10-8-20)26(30)28-17-5-6-21(18-28)19-31-24-13-11-23(12-14-24)25(29)27-15-3-4-16-27/h7-14,21H,2-6,15-19H2,1H3. The lowest BCUT2D eigenvalue weighted by molar-refractivity contribution is 0.0633. The van der Waals surface area contributed by atoms with Crippen LogP contribution < -0.4 is 4.74 Å². The van der Waals surface area contributed by atoms with Gasteiger partial charge in [-0.15, -0.1) is 0 Å². The molecule has 2 amide bonds. The maximum Gasteiger partial charge on any atom is 0.253 e. The summed E-state index contributed by atoms with van der Waals surface area (Å²) in [6, 6.07) is 15.4. The molecule has 5 nitrogen and oxygen atoms in total. The monoisotopic (exact) mass is 420 g/mol. The van der Waals surface area contributed by atoms with E-state index in [0.29, 0.717) is 12.5 Å². The van der Waals surface area contributed by atoms with Crippen molar-refractivity contribution in [3.8, 4) is 5.75 Å². The summed E-state index contributed by atoms with van der Waals surface area (Å²) < 4.78 is 6.01. The first-order valence-electron chi connectivity index (χ1n) is 11.5. The van der Waals surface area contributed by atoms with Crippen LogP contribution in [0.1, 0.15) is 58.9 Å². The number of hydrogen-bond acceptors (Lipinski definition) is 3. The lowest BCUT2D eigenvalue weighted by Crippen LogP contribution is -2.41. The normalized spacial score (nSPS) is 18.8. The molecule has 31 heavy (non-hydrogen) atoms. The van der Waals surface area contributed by atoms with Crippen LogP contribution in [0.2, 0.25) is 0 Å². The zero-order valence-corrected chi connectivity index (χ0v) is 18.4. The van der Waals surface area contributed by atoms with Gasteiger partial charge in [-0.1, -0.05) is 19.1 Å². The number of hydrogen-bond donors (Lipinski definition) is 0. The highest BCUT2D eigenvalue weighted by Gasteiger charge is 2.25. The highest BCUT2D eigenvalue weighted by molar-refractivity contribution is 5.95. The zero-order valence-electron chi connectivity index (χ0n) is 18.4. The number of likely N-dealkylation sites (tertiary alicyclic amines) is 2. The Balaban J connectivity index is 1.29. The van der Waals surface area contributed by atoms with Crippen molar-refractivity contribution in [1.82, 2.24) is 9.80 Å². The van der Waals surface area contributed by atoms with Gasteiger partial charge in [-0.2, -0.15) is 0 Å². The lowest BCUT2D eigenvalue weighted by atomic mass is 9.98. The molecule has 2 aliphatic heterocycles. The van der Waals surface area contributed by atoms with E-state index in [2.05, 4.69) is 6.92 Å². The number of amides is 2. The predicted molar refractivity (Wildman–Crippen MR) is 122 cm³/mol. The lowest BCUT2D eigenvalue weighted by Gasteiger charge is -2.32. The molecule has 1 unspecified atom stereocenters. The summed E-state index contributed by atoms with van der Waals surface area (Å²) in [5.41, 5.74) is 2.73. The van der Waals surface area contributed by atoms with Crippen LogP contribution in [0.4, 0.5) is 0 Å². The second kappa shape index (κ2) is 9.99. The zero-order chi connectivity index (χ0) is 21.6. The highest BCUT2D eigenvalue weighted by atomic mass is 16.5. The summed E-state index contributed by atoms with van der Waals surface area (Å²) in [4.78, 5) is 29.2. The van der Waals surface area contributed by atoms with Gasteiger partial charge in [0.1, 0.15) is 5.75 Å². The Morgan fingerprint density at radius 2 is 1.42 bits per heavy atom. The van der Waals surface area contributed by atoms with Crippen LogP contribution in [-0.4, -0.2) is 54.4 Å². The molecule has 0 N–H and O–H groups in total. The number of nitrogens with zero attached hydrogens (tertiary/aromatic N) is 2. The maximum absolute atomic E-state index is 12.9. The SMILES string of the molecule is CCc1ccc(C(=O)N2CCCC(COc3ccc(C(=O)N4CCCC4)cc3)C2)cc1. The molecular weight excluding hydrogens is 388 g/mol. The van der Waals surface area contributed by atoms with E-state index in [1.165, 1.54) is 5.56 Å². The van der Waals surface area contributed by atoms with Crippen molar-refractivity contribution in [2.24, 2.45) is 5.92 Å². The van der Waals surface area contributed by atoms with E-state index in [4.69, 9.17) is 4.74 Å². The van der Waals surface area contributed by atoms with Crippen LogP contribution in [-0.2, 0) is 6.42 Å². The first-order valence-corrected chi connectivity index (χ1v) is 11.5. The topological polar surface area (TPSA) is 49.9 Å². The van der Waals surface area contributed by atoms with Gasteiger partial charge in [0.25, 0.3) is 11.8 Å². The number of rotatable bonds is 6. The van der Waals surface area contributed by atoms with Crippen LogP contribution in [0.3, 0.4) is 0 Å². The molecule has 2 aliphatic rings. The third kappa shape index (κ3) is 5.27. The van der Waals surface area contributed by atoms with Gasteiger partial charge in [-0.05, 0) is 74.1 Å². The summed E-state index contributed by atoms with van der Waals surface area (Å²) in [7, 11) is 0. The molecule has 0 aliphatic carbocycles. The molecule has 2 saturated heterocycles. The average molecular weight is 421 g/mol. The smallest absolute Gasteiger partial charge is 0.253 e. The number of carbonyl (C=O) groups is 2. The van der Waals surface area contributed by atoms with Crippen molar-refractivity contribution >= 4 is 11.8 Å². The van der Waals surface area contributed by atoms with Crippen molar-refractivity contribution in [2.45, 2.75) is 39.0 Å². The molecule has 1 atom stereocenters. The molecule has 2 fully saturated rings. The Bertz CT molecular complexity index is 886. The number of benzene rings is 2. The van der Waals surface area contributed by atoms with Crippen molar-refractivity contribution in [1.29, 1.82) is 0 Å². The number of ether oxygens (including phenoxy) is 1. The van der Waals surface area contributed by atoms with E-state index in [1.807, 2.05) is 58.3 Å². The molecule has 0 bridgehead atoms. The third-order valence-corrected chi connectivity index (χ3v) is 6.40.